The minimum atomic E-state index is -2.31. The first-order chi connectivity index (χ1) is 69.9. The zero-order chi connectivity index (χ0) is 109. The summed E-state index contributed by atoms with van der Waals surface area (Å²) in [6, 6.07) is 0. The van der Waals surface area contributed by atoms with E-state index in [9.17, 15) is 138 Å². The van der Waals surface area contributed by atoms with Gasteiger partial charge in [0.2, 0.25) is 6.29 Å². The van der Waals surface area contributed by atoms with Gasteiger partial charge in [-0.05, 0) is 145 Å². The second-order valence-corrected chi connectivity index (χ2v) is 45.3. The van der Waals surface area contributed by atoms with Crippen molar-refractivity contribution in [1.29, 1.82) is 0 Å². The number of hydrogen-bond acceptors (Lipinski definition) is 49. The summed E-state index contributed by atoms with van der Waals surface area (Å²) in [6.45, 7) is 23.6. The molecule has 9 aliphatic heterocycles. The maximum absolute atomic E-state index is 16.9. The zero-order valence-electron chi connectivity index (χ0n) is 85.6. The van der Waals surface area contributed by atoms with Gasteiger partial charge in [-0.15, -0.1) is 13.2 Å². The summed E-state index contributed by atoms with van der Waals surface area (Å²) in [5.41, 5.74) is -8.93. The van der Waals surface area contributed by atoms with Crippen LogP contribution in [0.2, 0.25) is 0 Å². The number of hydrogen-bond donors (Lipinski definition) is 26. The summed E-state index contributed by atoms with van der Waals surface area (Å²) >= 11 is 0. The maximum atomic E-state index is 16.9. The van der Waals surface area contributed by atoms with Crippen molar-refractivity contribution in [2.24, 2.45) is 50.2 Å². The molecule has 9 heterocycles. The van der Waals surface area contributed by atoms with Crippen LogP contribution in [0.5, 0.6) is 0 Å². The molecular weight excluding hydrogens is 1990 g/mol. The molecule has 26 N–H and O–H groups in total. The molecule has 0 aromatic carbocycles. The first-order valence-corrected chi connectivity index (χ1v) is 51.3. The SMILES string of the molecule is C=C[C@@](C)(CC/C=C(/C)C(=O)O[C@H]1[C@H](O)[C@@H](O)[C@H](O[C@](C)(C=C)CC/C=C(\CO)C(=O)O[C@H]2C[C@]3(C(=O)O[C@@H]4O[C@H](CO)[C@@H](O)[C@H](O)[C@H]4O[C@@H]4O[C@@H](C)[C@H](O[C@@H]5O[C@@H](CO)[C@H](O)[C@H]5O)[C@@H](O[C@@H]5O[C@H](CO)[C@@H](O)[C@H](O)[C@H]5O)[C@H]4O)[C@H](O)C[C@]4(C)C(=CC[C@@H]5[C@@]6(C)CC[C@H](O[C@@H]7O[C@H](CO[C@@H]8OC[C@H](O)[C@H](O)[C@H]8O)[C@@H](O)[C@H](O)[C@H]7O[C@@H]7OC[C@@H](O)[C@H](O)[C@H]7O)C(C)(C)[C@@H]6CC[C@]54C)[C@@H]3CC2(C)C)O[C@@H]1C)O[C@@H]1OC[C@@H](O)[C@H](O)[C@H]1O. The van der Waals surface area contributed by atoms with Gasteiger partial charge < -0.3 is 228 Å². The van der Waals surface area contributed by atoms with Crippen molar-refractivity contribution in [3.63, 3.8) is 0 Å². The van der Waals surface area contributed by atoms with Crippen LogP contribution in [0, 0.1) is 50.2 Å². The van der Waals surface area contributed by atoms with Crippen LogP contribution in [0.3, 0.4) is 0 Å². The van der Waals surface area contributed by atoms with E-state index in [1.165, 1.54) is 45.1 Å². The largest absolute Gasteiger partial charge is 0.458 e. The Balaban J connectivity index is 0.735. The molecular formula is C100H158O49. The van der Waals surface area contributed by atoms with Crippen LogP contribution in [0.15, 0.2) is 60.3 Å². The van der Waals surface area contributed by atoms with E-state index >= 15 is 9.59 Å². The Bertz CT molecular complexity index is 4590. The molecule has 852 valence electrons. The van der Waals surface area contributed by atoms with Crippen LogP contribution >= 0.6 is 0 Å². The van der Waals surface area contributed by atoms with Crippen molar-refractivity contribution in [2.45, 2.75) is 442 Å². The van der Waals surface area contributed by atoms with Crippen molar-refractivity contribution >= 4 is 17.9 Å². The molecule has 53 atom stereocenters. The average molecular weight is 2140 g/mol. The second-order valence-electron chi connectivity index (χ2n) is 45.3. The monoisotopic (exact) mass is 2140 g/mol. The third-order valence-electron chi connectivity index (χ3n) is 35.0. The fourth-order valence-corrected chi connectivity index (χ4v) is 25.2. The van der Waals surface area contributed by atoms with Gasteiger partial charge in [-0.25, -0.2) is 9.59 Å². The molecule has 14 aliphatic rings. The van der Waals surface area contributed by atoms with E-state index < -0.39 is 390 Å². The van der Waals surface area contributed by atoms with Gasteiger partial charge >= 0.3 is 17.9 Å². The van der Waals surface area contributed by atoms with Crippen molar-refractivity contribution in [3.8, 4) is 0 Å². The minimum absolute atomic E-state index is 0.0622. The molecule has 0 amide bonds. The Hall–Kier alpha value is -4.61. The summed E-state index contributed by atoms with van der Waals surface area (Å²) in [6.07, 6.45) is -67.3. The number of carbonyl (C=O) groups excluding carboxylic acids is 3. The van der Waals surface area contributed by atoms with E-state index in [-0.39, 0.29) is 68.1 Å². The smallest absolute Gasteiger partial charge is 0.336 e. The van der Waals surface area contributed by atoms with E-state index in [1.807, 2.05) is 20.8 Å². The molecule has 149 heavy (non-hydrogen) atoms. The molecule has 0 radical (unpaired) electrons. The first kappa shape index (κ1) is 120. The summed E-state index contributed by atoms with van der Waals surface area (Å²) in [7, 11) is 0. The summed E-state index contributed by atoms with van der Waals surface area (Å²) in [5.74, 6) is -4.81. The third-order valence-corrected chi connectivity index (χ3v) is 35.0. The van der Waals surface area contributed by atoms with Crippen LogP contribution in [0.1, 0.15) is 160 Å². The third kappa shape index (κ3) is 23.3. The Morgan fingerprint density at radius 1 is 0.430 bits per heavy atom. The number of fused-ring (bicyclic) bond motifs is 7. The fourth-order valence-electron chi connectivity index (χ4n) is 25.2. The lowest BCUT2D eigenvalue weighted by atomic mass is 9.33. The first-order valence-electron chi connectivity index (χ1n) is 51.3. The second kappa shape index (κ2) is 47.5. The van der Waals surface area contributed by atoms with E-state index in [0.717, 1.165) is 0 Å². The standard InChI is InChI=1S/C100H158O49/c1-15-95(10,148-85-71(122)60(111)48(107)38-132-85)25-17-19-40(3)81(127)142-76-41(4)135-89(74(125)68(76)119)149-96(11,16-2)26-18-20-43(32-101)82(128)140-57-31-100(92(129)147-91-80(66(117)62(113)50(34-103)138-91)146-88-75(126)78(144-87-73(124)65(116)61(112)49(33-102)136-87)77(42(5)134-88)143-86-72(123)63(114)51(35-104)137-86)45(29-93(57,6)7)44-21-22-54-97(12)27-24-56(94(8,9)53(97)23-28-98(54,13)99(44,14)30-55(100)108)141-90-79(145-84-70(121)59(110)47(106)37-131-84)67(118)64(115)52(139-90)39-133-83-69(120)58(109)46(105)36-130-83/h15-16,19-21,41-42,45-80,83-91,101-126H,1-2,17-18,22-39H2,3-14H3/b40-19-,43-20+/t41-,42+,45+,46+,47-,48-,49-,50-,51+,52-,53+,54-,55-,56+,57+,58+,59+,60+,61-,62-,63+,64-,65+,66+,67+,68-,69-,70-,71-,72-,73-,74-,75-,76-,77+,78+,79-,80-,83+,84+,85+,86+,87+,88+,89+,90+,91+,95+,96-,97+,98-,99-,100-/m1/s1. The average Bonchev–Trinajstić information content (AvgIpc) is 0.820. The molecule has 0 aromatic heterocycles. The topological polar surface area (TPSA) is 762 Å². The van der Waals surface area contributed by atoms with Gasteiger partial charge in [0.05, 0.1) is 94.0 Å². The van der Waals surface area contributed by atoms with Crippen LogP contribution in [-0.2, 0) is 109 Å². The Kier molecular flexibility index (Phi) is 38.2. The Morgan fingerprint density at radius 2 is 0.886 bits per heavy atom. The molecule has 0 unspecified atom stereocenters. The summed E-state index contributed by atoms with van der Waals surface area (Å²) in [5, 5.41) is 290. The maximum Gasteiger partial charge on any atom is 0.336 e. The highest BCUT2D eigenvalue weighted by molar-refractivity contribution is 5.89. The molecule has 14 rings (SSSR count). The fraction of sp³-hybridized carbons (Fsp3) is 0.870. The lowest BCUT2D eigenvalue weighted by Crippen LogP contribution is -2.70. The Labute approximate surface area is 861 Å². The quantitative estimate of drug-likeness (QED) is 0.00922. The predicted octanol–water partition coefficient (Wildman–Crippen LogP) is -6.96. The van der Waals surface area contributed by atoms with Gasteiger partial charge in [0, 0.05) is 17.4 Å². The van der Waals surface area contributed by atoms with Gasteiger partial charge in [0.25, 0.3) is 0 Å². The van der Waals surface area contributed by atoms with Gasteiger partial charge in [0.15, 0.2) is 62.5 Å². The predicted molar refractivity (Wildman–Crippen MR) is 499 cm³/mol. The highest BCUT2D eigenvalue weighted by atomic mass is 16.8. The lowest BCUT2D eigenvalue weighted by Gasteiger charge is -2.72. The highest BCUT2D eigenvalue weighted by Crippen LogP contribution is 2.77. The zero-order valence-corrected chi connectivity index (χ0v) is 85.6. The summed E-state index contributed by atoms with van der Waals surface area (Å²) < 4.78 is 122. The van der Waals surface area contributed by atoms with E-state index in [4.69, 9.17) is 94.7 Å². The van der Waals surface area contributed by atoms with E-state index in [1.54, 1.807) is 27.7 Å². The number of allylic oxidation sites excluding steroid dienone is 4. The van der Waals surface area contributed by atoms with Crippen molar-refractivity contribution in [3.05, 3.63) is 60.3 Å². The van der Waals surface area contributed by atoms with Crippen LogP contribution in [0.25, 0.3) is 0 Å². The highest BCUT2D eigenvalue weighted by Gasteiger charge is 2.75. The molecule has 0 bridgehead atoms. The number of aliphatic hydroxyl groups excluding tert-OH is 26. The number of esters is 3. The van der Waals surface area contributed by atoms with E-state index in [0.29, 0.717) is 37.7 Å². The molecule has 49 heteroatoms. The van der Waals surface area contributed by atoms with Crippen LogP contribution < -0.4 is 0 Å². The number of aliphatic hydroxyl groups is 26. The van der Waals surface area contributed by atoms with Crippen molar-refractivity contribution in [1.82, 2.24) is 0 Å². The van der Waals surface area contributed by atoms with Crippen LogP contribution in [0.4, 0.5) is 0 Å². The van der Waals surface area contributed by atoms with Gasteiger partial charge in [0.1, 0.15) is 182 Å². The van der Waals surface area contributed by atoms with Crippen LogP contribution in [-0.4, -0.2) is 485 Å². The number of ether oxygens (including phenoxy) is 20. The molecule has 9 saturated heterocycles. The molecule has 13 fully saturated rings. The van der Waals surface area contributed by atoms with E-state index in [2.05, 4.69) is 33.1 Å². The lowest BCUT2D eigenvalue weighted by molar-refractivity contribution is -0.390. The molecule has 4 saturated carbocycles. The van der Waals surface area contributed by atoms with Gasteiger partial charge in [-0.2, -0.15) is 0 Å². The normalized spacial score (nSPS) is 48.9. The molecule has 0 aromatic rings. The molecule has 5 aliphatic carbocycles. The summed E-state index contributed by atoms with van der Waals surface area (Å²) in [4.78, 5) is 45.7. The number of rotatable bonds is 35. The molecule has 0 spiro atoms. The number of carbonyl (C=O) groups is 3. The Morgan fingerprint density at radius 3 is 1.47 bits per heavy atom. The van der Waals surface area contributed by atoms with Crippen molar-refractivity contribution in [2.75, 3.05) is 52.9 Å². The molecule has 49 nitrogen and oxygen atoms in total. The van der Waals surface area contributed by atoms with Crippen molar-refractivity contribution < 1.29 is 242 Å². The van der Waals surface area contributed by atoms with Gasteiger partial charge in [-0.1, -0.05) is 84.4 Å². The van der Waals surface area contributed by atoms with Gasteiger partial charge in [-0.3, -0.25) is 4.79 Å². The minimum Gasteiger partial charge on any atom is -0.458 e.